The number of aryl methyl sites for hydroxylation is 1. The maximum absolute atomic E-state index is 6.13. The number of rotatable bonds is 7. The second-order valence-electron chi connectivity index (χ2n) is 7.22. The predicted octanol–water partition coefficient (Wildman–Crippen LogP) is 6.20. The number of nitrogens with zero attached hydrogens (tertiary/aromatic N) is 1. The highest BCUT2D eigenvalue weighted by Gasteiger charge is 2.12. The van der Waals surface area contributed by atoms with E-state index in [1.54, 1.807) is 0 Å². The van der Waals surface area contributed by atoms with Gasteiger partial charge in [0, 0.05) is 17.2 Å². The maximum atomic E-state index is 6.13. The van der Waals surface area contributed by atoms with Gasteiger partial charge in [0.15, 0.2) is 0 Å². The van der Waals surface area contributed by atoms with Crippen LogP contribution in [0, 0.1) is 19.3 Å². The van der Waals surface area contributed by atoms with Crippen molar-refractivity contribution in [2.24, 2.45) is 0 Å². The van der Waals surface area contributed by atoms with Crippen molar-refractivity contribution in [3.05, 3.63) is 113 Å². The molecule has 0 aliphatic carbocycles. The lowest BCUT2D eigenvalue weighted by molar-refractivity contribution is 0.268. The molecule has 31 heavy (non-hydrogen) atoms. The van der Waals surface area contributed by atoms with Crippen LogP contribution in [-0.2, 0) is 13.2 Å². The van der Waals surface area contributed by atoms with E-state index in [0.717, 1.165) is 33.4 Å². The van der Waals surface area contributed by atoms with Crippen molar-refractivity contribution in [2.45, 2.75) is 20.1 Å². The lowest BCUT2D eigenvalue weighted by Gasteiger charge is -2.14. The van der Waals surface area contributed by atoms with E-state index in [1.807, 2.05) is 97.9 Å². The fourth-order valence-electron chi connectivity index (χ4n) is 3.24. The molecule has 0 atom stereocenters. The quantitative estimate of drug-likeness (QED) is 0.343. The Kier molecular flexibility index (Phi) is 6.30. The first-order chi connectivity index (χ1) is 15.2. The van der Waals surface area contributed by atoms with E-state index >= 15 is 0 Å². The molecule has 4 aromatic rings. The average molecular weight is 405 g/mol. The minimum Gasteiger partial charge on any atom is -0.473 e. The standard InChI is InChI=1S/C28H23NO2/c1-3-24-18-25(15-14-21(24)2)26-16-17-27(30-19-22-10-6-4-7-11-22)29-28(26)31-20-23-12-8-5-9-13-23/h1,4-18H,19-20H2,2H3. The minimum atomic E-state index is 0.414. The fourth-order valence-corrected chi connectivity index (χ4v) is 3.24. The molecule has 1 aromatic heterocycles. The number of pyridine rings is 1. The molecular weight excluding hydrogens is 382 g/mol. The van der Waals surface area contributed by atoms with E-state index < -0.39 is 0 Å². The van der Waals surface area contributed by atoms with Crippen LogP contribution in [0.4, 0.5) is 0 Å². The Balaban J connectivity index is 1.63. The highest BCUT2D eigenvalue weighted by atomic mass is 16.5. The van der Waals surface area contributed by atoms with Crippen LogP contribution in [0.3, 0.4) is 0 Å². The molecule has 3 aromatic carbocycles. The van der Waals surface area contributed by atoms with Gasteiger partial charge in [-0.2, -0.15) is 4.98 Å². The molecular formula is C28H23NO2. The Labute approximate surface area is 183 Å². The van der Waals surface area contributed by atoms with Crippen molar-refractivity contribution in [1.82, 2.24) is 4.98 Å². The van der Waals surface area contributed by atoms with E-state index in [9.17, 15) is 0 Å². The van der Waals surface area contributed by atoms with Gasteiger partial charge >= 0.3 is 0 Å². The van der Waals surface area contributed by atoms with Gasteiger partial charge in [-0.25, -0.2) is 0 Å². The molecule has 0 bridgehead atoms. The summed E-state index contributed by atoms with van der Waals surface area (Å²) in [6.07, 6.45) is 5.67. The van der Waals surface area contributed by atoms with Crippen molar-refractivity contribution in [3.8, 4) is 35.2 Å². The Morgan fingerprint density at radius 1 is 0.774 bits per heavy atom. The summed E-state index contributed by atoms with van der Waals surface area (Å²) in [5, 5.41) is 0. The topological polar surface area (TPSA) is 31.4 Å². The molecule has 4 rings (SSSR count). The largest absolute Gasteiger partial charge is 0.473 e. The molecule has 0 spiro atoms. The first kappa shape index (κ1) is 20.3. The van der Waals surface area contributed by atoms with Gasteiger partial charge < -0.3 is 9.47 Å². The van der Waals surface area contributed by atoms with Gasteiger partial charge in [0.2, 0.25) is 11.8 Å². The summed E-state index contributed by atoms with van der Waals surface area (Å²) in [4.78, 5) is 4.66. The molecule has 0 saturated heterocycles. The summed E-state index contributed by atoms with van der Waals surface area (Å²) in [6, 6.07) is 29.9. The monoisotopic (exact) mass is 405 g/mol. The number of aromatic nitrogens is 1. The first-order valence-corrected chi connectivity index (χ1v) is 10.1. The third-order valence-corrected chi connectivity index (χ3v) is 4.99. The lowest BCUT2D eigenvalue weighted by Crippen LogP contribution is -2.02. The van der Waals surface area contributed by atoms with Crippen LogP contribution in [0.25, 0.3) is 11.1 Å². The molecule has 0 radical (unpaired) electrons. The van der Waals surface area contributed by atoms with Gasteiger partial charge in [0.1, 0.15) is 13.2 Å². The number of benzene rings is 3. The van der Waals surface area contributed by atoms with Gasteiger partial charge in [0.05, 0.1) is 0 Å². The van der Waals surface area contributed by atoms with Crippen LogP contribution in [0.1, 0.15) is 22.3 Å². The van der Waals surface area contributed by atoms with Crippen molar-refractivity contribution >= 4 is 0 Å². The molecule has 0 N–H and O–H groups in total. The normalized spacial score (nSPS) is 10.3. The van der Waals surface area contributed by atoms with Crippen LogP contribution >= 0.6 is 0 Å². The number of hydrogen-bond donors (Lipinski definition) is 0. The van der Waals surface area contributed by atoms with Gasteiger partial charge in [0.25, 0.3) is 0 Å². The second-order valence-corrected chi connectivity index (χ2v) is 7.22. The van der Waals surface area contributed by atoms with Gasteiger partial charge in [-0.3, -0.25) is 0 Å². The van der Waals surface area contributed by atoms with Crippen molar-refractivity contribution < 1.29 is 9.47 Å². The fraction of sp³-hybridized carbons (Fsp3) is 0.107. The van der Waals surface area contributed by atoms with Crippen molar-refractivity contribution in [1.29, 1.82) is 0 Å². The zero-order valence-electron chi connectivity index (χ0n) is 17.4. The highest BCUT2D eigenvalue weighted by Crippen LogP contribution is 2.32. The van der Waals surface area contributed by atoms with E-state index in [2.05, 4.69) is 10.9 Å². The number of ether oxygens (including phenoxy) is 2. The van der Waals surface area contributed by atoms with E-state index in [-0.39, 0.29) is 0 Å². The Hall–Kier alpha value is -4.03. The van der Waals surface area contributed by atoms with Crippen molar-refractivity contribution in [2.75, 3.05) is 0 Å². The Morgan fingerprint density at radius 3 is 2.06 bits per heavy atom. The lowest BCUT2D eigenvalue weighted by atomic mass is 10.0. The molecule has 0 saturated carbocycles. The summed E-state index contributed by atoms with van der Waals surface area (Å²) in [7, 11) is 0. The van der Waals surface area contributed by atoms with Crippen LogP contribution in [0.2, 0.25) is 0 Å². The molecule has 0 aliphatic heterocycles. The summed E-state index contributed by atoms with van der Waals surface area (Å²) in [5.41, 5.74) is 5.91. The van der Waals surface area contributed by atoms with Crippen LogP contribution in [0.15, 0.2) is 91.0 Å². The van der Waals surface area contributed by atoms with Gasteiger partial charge in [-0.15, -0.1) is 6.42 Å². The summed E-state index contributed by atoms with van der Waals surface area (Å²) < 4.78 is 12.0. The van der Waals surface area contributed by atoms with Crippen LogP contribution in [-0.4, -0.2) is 4.98 Å². The molecule has 0 unspecified atom stereocenters. The molecule has 3 nitrogen and oxygen atoms in total. The Morgan fingerprint density at radius 2 is 1.42 bits per heavy atom. The first-order valence-electron chi connectivity index (χ1n) is 10.1. The molecule has 0 amide bonds. The predicted molar refractivity (Wildman–Crippen MR) is 124 cm³/mol. The third-order valence-electron chi connectivity index (χ3n) is 4.99. The SMILES string of the molecule is C#Cc1cc(-c2ccc(OCc3ccccc3)nc2OCc2ccccc2)ccc1C. The zero-order valence-corrected chi connectivity index (χ0v) is 17.4. The molecule has 3 heteroatoms. The molecule has 0 aliphatic rings. The molecule has 0 fully saturated rings. The smallest absolute Gasteiger partial charge is 0.225 e. The van der Waals surface area contributed by atoms with Gasteiger partial charge in [-0.1, -0.05) is 78.7 Å². The number of hydrogen-bond acceptors (Lipinski definition) is 3. The third kappa shape index (κ3) is 5.12. The number of terminal acetylenes is 1. The van der Waals surface area contributed by atoms with Crippen molar-refractivity contribution in [3.63, 3.8) is 0 Å². The average Bonchev–Trinajstić information content (AvgIpc) is 2.83. The van der Waals surface area contributed by atoms with E-state index in [4.69, 9.17) is 15.9 Å². The zero-order chi connectivity index (χ0) is 21.5. The Bertz CT molecular complexity index is 1190. The van der Waals surface area contributed by atoms with Crippen LogP contribution in [0.5, 0.6) is 11.8 Å². The maximum Gasteiger partial charge on any atom is 0.225 e. The minimum absolute atomic E-state index is 0.414. The van der Waals surface area contributed by atoms with Gasteiger partial charge in [-0.05, 0) is 41.3 Å². The highest BCUT2D eigenvalue weighted by molar-refractivity contribution is 5.71. The second kappa shape index (κ2) is 9.65. The van der Waals surface area contributed by atoms with Crippen LogP contribution < -0.4 is 9.47 Å². The summed E-state index contributed by atoms with van der Waals surface area (Å²) >= 11 is 0. The molecule has 1 heterocycles. The summed E-state index contributed by atoms with van der Waals surface area (Å²) in [6.45, 7) is 2.86. The molecule has 152 valence electrons. The van der Waals surface area contributed by atoms with E-state index in [0.29, 0.717) is 25.0 Å². The van der Waals surface area contributed by atoms with E-state index in [1.165, 1.54) is 0 Å². The summed E-state index contributed by atoms with van der Waals surface area (Å²) in [5.74, 6) is 3.78.